The number of allylic oxidation sites excluding steroid dienone is 3. The van der Waals surface area contributed by atoms with E-state index in [0.717, 1.165) is 74.7 Å². The van der Waals surface area contributed by atoms with Crippen LogP contribution in [0.5, 0.6) is 11.5 Å². The summed E-state index contributed by atoms with van der Waals surface area (Å²) in [6, 6.07) is 1.72. The summed E-state index contributed by atoms with van der Waals surface area (Å²) in [6.45, 7) is 12.3. The van der Waals surface area contributed by atoms with E-state index < -0.39 is 0 Å². The fraction of sp³-hybridized carbons (Fsp3) is 0.577. The molecule has 1 aliphatic carbocycles. The van der Waals surface area contributed by atoms with Gasteiger partial charge >= 0.3 is 6.03 Å². The normalized spacial score (nSPS) is 20.7. The van der Waals surface area contributed by atoms with Gasteiger partial charge in [0.05, 0.1) is 0 Å². The van der Waals surface area contributed by atoms with Crippen molar-refractivity contribution in [3.63, 3.8) is 0 Å². The van der Waals surface area contributed by atoms with Crippen molar-refractivity contribution in [1.82, 2.24) is 10.2 Å². The monoisotopic (exact) mass is 426 g/mol. The van der Waals surface area contributed by atoms with Crippen molar-refractivity contribution in [2.75, 3.05) is 13.1 Å². The van der Waals surface area contributed by atoms with Gasteiger partial charge in [-0.3, -0.25) is 0 Å². The first-order valence-electron chi connectivity index (χ1n) is 11.8. The lowest BCUT2D eigenvalue weighted by atomic mass is 9.73. The first-order chi connectivity index (χ1) is 14.8. The Hall–Kier alpha value is -2.43. The number of hydrogen-bond acceptors (Lipinski definition) is 3. The number of nitrogens with zero attached hydrogens (tertiary/aromatic N) is 1. The Morgan fingerprint density at radius 3 is 2.65 bits per heavy atom. The van der Waals surface area contributed by atoms with Crippen LogP contribution < -0.4 is 5.32 Å². The molecule has 0 aromatic heterocycles. The van der Waals surface area contributed by atoms with Gasteiger partial charge in [0.2, 0.25) is 0 Å². The number of benzene rings is 1. The van der Waals surface area contributed by atoms with Crippen LogP contribution >= 0.6 is 0 Å². The van der Waals surface area contributed by atoms with Crippen LogP contribution in [0.1, 0.15) is 81.9 Å². The summed E-state index contributed by atoms with van der Waals surface area (Å²) in [6.07, 6.45) is 9.11. The number of rotatable bonds is 8. The summed E-state index contributed by atoms with van der Waals surface area (Å²) in [7, 11) is 0. The minimum atomic E-state index is -0.110. The third kappa shape index (κ3) is 5.25. The molecule has 1 aromatic rings. The Morgan fingerprint density at radius 2 is 2.03 bits per heavy atom. The van der Waals surface area contributed by atoms with Gasteiger partial charge in [-0.25, -0.2) is 4.79 Å². The number of nitrogens with one attached hydrogen (secondary N) is 1. The van der Waals surface area contributed by atoms with Gasteiger partial charge in [-0.05, 0) is 63.5 Å². The van der Waals surface area contributed by atoms with Crippen molar-refractivity contribution in [1.29, 1.82) is 0 Å². The quantitative estimate of drug-likeness (QED) is 0.365. The second kappa shape index (κ2) is 10.3. The number of carbonyl (C=O) groups is 1. The fourth-order valence-electron chi connectivity index (χ4n) is 4.78. The highest BCUT2D eigenvalue weighted by Crippen LogP contribution is 2.48. The predicted octanol–water partition coefficient (Wildman–Crippen LogP) is 5.76. The third-order valence-electron chi connectivity index (χ3n) is 6.84. The Morgan fingerprint density at radius 1 is 1.29 bits per heavy atom. The molecule has 2 amide bonds. The molecule has 31 heavy (non-hydrogen) atoms. The van der Waals surface area contributed by atoms with Crippen LogP contribution in [0, 0.1) is 5.92 Å². The molecule has 2 unspecified atom stereocenters. The van der Waals surface area contributed by atoms with Crippen LogP contribution in [0.2, 0.25) is 0 Å². The minimum Gasteiger partial charge on any atom is -0.507 e. The van der Waals surface area contributed by atoms with Crippen LogP contribution in [0.4, 0.5) is 4.79 Å². The first-order valence-corrected chi connectivity index (χ1v) is 11.8. The lowest BCUT2D eigenvalue weighted by Gasteiger charge is -2.33. The molecule has 1 aromatic carbocycles. The molecule has 3 rings (SSSR count). The molecule has 2 atom stereocenters. The fourth-order valence-corrected chi connectivity index (χ4v) is 4.78. The molecule has 170 valence electrons. The number of urea groups is 1. The largest absolute Gasteiger partial charge is 0.507 e. The summed E-state index contributed by atoms with van der Waals surface area (Å²) in [5.74, 6) is 0.331. The van der Waals surface area contributed by atoms with Gasteiger partial charge in [-0.1, -0.05) is 43.6 Å². The number of phenolic OH excluding ortho intramolecular Hbond substituents is 2. The zero-order chi connectivity index (χ0) is 22.5. The zero-order valence-electron chi connectivity index (χ0n) is 19.3. The van der Waals surface area contributed by atoms with Crippen molar-refractivity contribution in [2.24, 2.45) is 5.92 Å². The minimum absolute atomic E-state index is 0.0898. The molecule has 1 heterocycles. The van der Waals surface area contributed by atoms with E-state index in [2.05, 4.69) is 31.8 Å². The third-order valence-corrected chi connectivity index (χ3v) is 6.84. The van der Waals surface area contributed by atoms with E-state index in [1.165, 1.54) is 5.57 Å². The number of phenols is 2. The number of unbranched alkanes of at least 4 members (excludes halogenated alkanes) is 2. The molecular formula is C26H38N2O3. The van der Waals surface area contributed by atoms with E-state index in [4.69, 9.17) is 0 Å². The Kier molecular flexibility index (Phi) is 7.69. The lowest BCUT2D eigenvalue weighted by molar-refractivity contribution is 0.167. The maximum absolute atomic E-state index is 12.4. The topological polar surface area (TPSA) is 72.8 Å². The van der Waals surface area contributed by atoms with Gasteiger partial charge in [-0.2, -0.15) is 0 Å². The van der Waals surface area contributed by atoms with Crippen LogP contribution in [-0.4, -0.2) is 34.2 Å². The molecule has 1 aliphatic heterocycles. The van der Waals surface area contributed by atoms with Crippen LogP contribution in [0.15, 0.2) is 29.9 Å². The Bertz CT molecular complexity index is 855. The van der Waals surface area contributed by atoms with Gasteiger partial charge in [-0.15, -0.1) is 0 Å². The van der Waals surface area contributed by atoms with Crippen LogP contribution in [0.25, 0.3) is 0 Å². The smallest absolute Gasteiger partial charge is 0.317 e. The van der Waals surface area contributed by atoms with E-state index in [9.17, 15) is 15.0 Å². The van der Waals surface area contributed by atoms with Gasteiger partial charge < -0.3 is 20.4 Å². The standard InChI is InChI=1S/C26H38N2O3/c1-5-6-7-9-19-15-23(29)24(21-14-18(4)10-11-20(21)17(2)3)25(30)22(19)16-27-26(31)28-12-8-13-28/h14-15,20-21,29-30H,2,5-13,16H2,1,3-4H3,(H,27,31). The zero-order valence-corrected chi connectivity index (χ0v) is 19.3. The highest BCUT2D eigenvalue weighted by molar-refractivity contribution is 5.75. The number of hydrogen-bond donors (Lipinski definition) is 3. The van der Waals surface area contributed by atoms with Crippen LogP contribution in [-0.2, 0) is 13.0 Å². The van der Waals surface area contributed by atoms with E-state index in [1.807, 2.05) is 13.0 Å². The Labute approximate surface area is 186 Å². The van der Waals surface area contributed by atoms with Gasteiger partial charge in [0.15, 0.2) is 0 Å². The van der Waals surface area contributed by atoms with E-state index in [1.54, 1.807) is 4.90 Å². The summed E-state index contributed by atoms with van der Waals surface area (Å²) in [4.78, 5) is 14.2. The van der Waals surface area contributed by atoms with Crippen molar-refractivity contribution in [3.8, 4) is 11.5 Å². The highest BCUT2D eigenvalue weighted by atomic mass is 16.3. The molecule has 1 saturated heterocycles. The average Bonchev–Trinajstić information content (AvgIpc) is 2.66. The molecule has 0 bridgehead atoms. The number of aromatic hydroxyl groups is 2. The van der Waals surface area contributed by atoms with E-state index in [0.29, 0.717) is 5.56 Å². The van der Waals surface area contributed by atoms with Crippen LogP contribution in [0.3, 0.4) is 0 Å². The van der Waals surface area contributed by atoms with E-state index >= 15 is 0 Å². The maximum Gasteiger partial charge on any atom is 0.317 e. The summed E-state index contributed by atoms with van der Waals surface area (Å²) < 4.78 is 0. The number of carbonyl (C=O) groups excluding carboxylic acids is 1. The summed E-state index contributed by atoms with van der Waals surface area (Å²) in [5, 5.41) is 25.4. The average molecular weight is 427 g/mol. The summed E-state index contributed by atoms with van der Waals surface area (Å²) in [5.41, 5.74) is 4.54. The molecule has 0 radical (unpaired) electrons. The molecule has 0 saturated carbocycles. The van der Waals surface area contributed by atoms with Crippen molar-refractivity contribution >= 4 is 6.03 Å². The second-order valence-corrected chi connectivity index (χ2v) is 9.28. The second-order valence-electron chi connectivity index (χ2n) is 9.28. The molecular weight excluding hydrogens is 388 g/mol. The van der Waals surface area contributed by atoms with Gasteiger partial charge in [0.25, 0.3) is 0 Å². The molecule has 5 nitrogen and oxygen atoms in total. The molecule has 1 fully saturated rings. The van der Waals surface area contributed by atoms with Crippen molar-refractivity contribution < 1.29 is 15.0 Å². The van der Waals surface area contributed by atoms with E-state index in [-0.39, 0.29) is 35.9 Å². The highest BCUT2D eigenvalue weighted by Gasteiger charge is 2.32. The number of likely N-dealkylation sites (tertiary alicyclic amines) is 1. The molecule has 2 aliphatic rings. The first kappa shape index (κ1) is 23.2. The maximum atomic E-state index is 12.4. The molecule has 0 spiro atoms. The van der Waals surface area contributed by atoms with Crippen molar-refractivity contribution in [3.05, 3.63) is 46.6 Å². The molecule has 3 N–H and O–H groups in total. The summed E-state index contributed by atoms with van der Waals surface area (Å²) >= 11 is 0. The number of aryl methyl sites for hydroxylation is 1. The SMILES string of the molecule is C=C(C)C1CCC(C)=CC1c1c(O)cc(CCCCC)c(CNC(=O)N2CCC2)c1O. The van der Waals surface area contributed by atoms with Gasteiger partial charge in [0.1, 0.15) is 11.5 Å². The molecule has 5 heteroatoms. The number of amides is 2. The Balaban J connectivity index is 1.97. The van der Waals surface area contributed by atoms with Gasteiger partial charge in [0, 0.05) is 36.7 Å². The predicted molar refractivity (Wildman–Crippen MR) is 125 cm³/mol. The lowest BCUT2D eigenvalue weighted by Crippen LogP contribution is -2.47. The van der Waals surface area contributed by atoms with Crippen molar-refractivity contribution in [2.45, 2.75) is 78.2 Å².